The predicted octanol–water partition coefficient (Wildman–Crippen LogP) is 2.55. The first-order valence-electron chi connectivity index (χ1n) is 6.52. The minimum atomic E-state index is -3.95. The van der Waals surface area contributed by atoms with Crippen LogP contribution >= 0.6 is 0 Å². The molecular weight excluding hydrogens is 320 g/mol. The fourth-order valence-corrected chi connectivity index (χ4v) is 2.97. The normalized spacial score (nSPS) is 11.3. The van der Waals surface area contributed by atoms with E-state index in [0.29, 0.717) is 5.56 Å². The van der Waals surface area contributed by atoms with Gasteiger partial charge in [0.05, 0.1) is 4.90 Å². The van der Waals surface area contributed by atoms with Crippen LogP contribution in [0.4, 0.5) is 5.88 Å². The van der Waals surface area contributed by atoms with Crippen LogP contribution in [-0.4, -0.2) is 23.6 Å². The lowest BCUT2D eigenvalue weighted by molar-refractivity contribution is 0.410. The average Bonchev–Trinajstić information content (AvgIpc) is 2.84. The number of sulfonamides is 1. The van der Waals surface area contributed by atoms with Crippen LogP contribution in [0.25, 0.3) is 11.3 Å². The summed E-state index contributed by atoms with van der Waals surface area (Å²) in [5.41, 5.74) is 0.394. The van der Waals surface area contributed by atoms with E-state index in [0.717, 1.165) is 0 Å². The Morgan fingerprint density at radius 2 is 1.74 bits per heavy atom. The maximum atomic E-state index is 12.2. The molecular formula is C15H12N2O5S. The zero-order chi connectivity index (χ0) is 16.4. The Kier molecular flexibility index (Phi) is 3.67. The first-order chi connectivity index (χ1) is 11.0. The van der Waals surface area contributed by atoms with Crippen LogP contribution in [-0.2, 0) is 10.0 Å². The van der Waals surface area contributed by atoms with Crippen molar-refractivity contribution in [3.05, 3.63) is 54.9 Å². The number of rotatable bonds is 4. The summed E-state index contributed by atoms with van der Waals surface area (Å²) in [6, 6.07) is 10.8. The predicted molar refractivity (Wildman–Crippen MR) is 82.5 cm³/mol. The molecule has 0 aliphatic heterocycles. The molecule has 0 spiro atoms. The van der Waals surface area contributed by atoms with Gasteiger partial charge in [-0.05, 0) is 24.3 Å². The molecule has 0 aliphatic carbocycles. The number of anilines is 1. The Morgan fingerprint density at radius 3 is 2.39 bits per heavy atom. The molecule has 0 aliphatic rings. The number of aromatic hydroxyl groups is 2. The summed E-state index contributed by atoms with van der Waals surface area (Å²) in [6.07, 6.45) is 2.94. The third-order valence-electron chi connectivity index (χ3n) is 3.06. The molecule has 3 aromatic rings. The first kappa shape index (κ1) is 14.9. The third kappa shape index (κ3) is 2.84. The van der Waals surface area contributed by atoms with E-state index in [9.17, 15) is 18.6 Å². The topological polar surface area (TPSA) is 113 Å². The molecule has 118 valence electrons. The summed E-state index contributed by atoms with van der Waals surface area (Å²) >= 11 is 0. The Labute approximate surface area is 131 Å². The van der Waals surface area contributed by atoms with Crippen molar-refractivity contribution in [1.82, 2.24) is 4.98 Å². The zero-order valence-electron chi connectivity index (χ0n) is 11.7. The number of nitrogens with zero attached hydrogens (tertiary/aromatic N) is 1. The Balaban J connectivity index is 1.99. The molecule has 1 aromatic carbocycles. The van der Waals surface area contributed by atoms with Crippen molar-refractivity contribution in [1.29, 1.82) is 0 Å². The molecule has 2 heterocycles. The van der Waals surface area contributed by atoms with Gasteiger partial charge in [-0.15, -0.1) is 0 Å². The molecule has 3 N–H and O–H groups in total. The van der Waals surface area contributed by atoms with Gasteiger partial charge in [0.1, 0.15) is 0 Å². The van der Waals surface area contributed by atoms with E-state index in [1.807, 2.05) is 0 Å². The number of hydrogen-bond acceptors (Lipinski definition) is 6. The zero-order valence-corrected chi connectivity index (χ0v) is 12.5. The van der Waals surface area contributed by atoms with Crippen LogP contribution in [0.15, 0.2) is 64.2 Å². The standard InChI is InChI=1S/C15H12N2O5S/c18-12-13(19)15(22-14(12)10-5-4-8-16-9-10)17-23(20,21)11-6-2-1-3-7-11/h1-9,17-19H. The Bertz CT molecular complexity index is 921. The van der Waals surface area contributed by atoms with E-state index >= 15 is 0 Å². The number of furan rings is 1. The van der Waals surface area contributed by atoms with Gasteiger partial charge >= 0.3 is 0 Å². The fourth-order valence-electron chi connectivity index (χ4n) is 1.96. The molecule has 0 fully saturated rings. The van der Waals surface area contributed by atoms with Crippen molar-refractivity contribution >= 4 is 15.9 Å². The smallest absolute Gasteiger partial charge is 0.264 e. The monoisotopic (exact) mass is 332 g/mol. The molecule has 0 radical (unpaired) electrons. The fraction of sp³-hybridized carbons (Fsp3) is 0. The molecule has 0 amide bonds. The van der Waals surface area contributed by atoms with E-state index in [1.165, 1.54) is 24.5 Å². The first-order valence-corrected chi connectivity index (χ1v) is 8.00. The van der Waals surface area contributed by atoms with Crippen LogP contribution < -0.4 is 4.72 Å². The highest BCUT2D eigenvalue weighted by Crippen LogP contribution is 2.45. The Hall–Kier alpha value is -3.00. The van der Waals surface area contributed by atoms with Crippen molar-refractivity contribution in [3.8, 4) is 22.8 Å². The van der Waals surface area contributed by atoms with E-state index in [1.54, 1.807) is 30.3 Å². The quantitative estimate of drug-likeness (QED) is 0.677. The van der Waals surface area contributed by atoms with E-state index in [4.69, 9.17) is 4.42 Å². The van der Waals surface area contributed by atoms with Crippen LogP contribution in [0, 0.1) is 0 Å². The molecule has 2 aromatic heterocycles. The van der Waals surface area contributed by atoms with Gasteiger partial charge in [-0.2, -0.15) is 0 Å². The van der Waals surface area contributed by atoms with Crippen molar-refractivity contribution in [3.63, 3.8) is 0 Å². The highest BCUT2D eigenvalue weighted by atomic mass is 32.2. The summed E-state index contributed by atoms with van der Waals surface area (Å²) in [4.78, 5) is 3.87. The Morgan fingerprint density at radius 1 is 1.00 bits per heavy atom. The minimum absolute atomic E-state index is 0.00165. The lowest BCUT2D eigenvalue weighted by atomic mass is 10.2. The summed E-state index contributed by atoms with van der Waals surface area (Å²) in [6.45, 7) is 0. The van der Waals surface area contributed by atoms with E-state index in [-0.39, 0.29) is 10.7 Å². The van der Waals surface area contributed by atoms with Gasteiger partial charge in [0, 0.05) is 18.0 Å². The SMILES string of the molecule is O=S(=O)(Nc1oc(-c2cccnc2)c(O)c1O)c1ccccc1. The van der Waals surface area contributed by atoms with Crippen LogP contribution in [0.3, 0.4) is 0 Å². The molecule has 3 rings (SSSR count). The number of pyridine rings is 1. The molecule has 0 unspecified atom stereocenters. The van der Waals surface area contributed by atoms with Gasteiger partial charge in [-0.25, -0.2) is 13.1 Å². The summed E-state index contributed by atoms with van der Waals surface area (Å²) in [7, 11) is -3.95. The van der Waals surface area contributed by atoms with Crippen LogP contribution in [0.1, 0.15) is 0 Å². The number of hydrogen-bond donors (Lipinski definition) is 3. The second-order valence-electron chi connectivity index (χ2n) is 4.62. The van der Waals surface area contributed by atoms with Gasteiger partial charge in [0.15, 0.2) is 5.76 Å². The van der Waals surface area contributed by atoms with Crippen molar-refractivity contribution in [2.24, 2.45) is 0 Å². The third-order valence-corrected chi connectivity index (χ3v) is 4.41. The van der Waals surface area contributed by atoms with Crippen LogP contribution in [0.2, 0.25) is 0 Å². The largest absolute Gasteiger partial charge is 0.502 e. The highest BCUT2D eigenvalue weighted by Gasteiger charge is 2.25. The van der Waals surface area contributed by atoms with Gasteiger partial charge < -0.3 is 14.6 Å². The molecule has 0 saturated carbocycles. The maximum absolute atomic E-state index is 12.2. The number of benzene rings is 1. The molecule has 0 atom stereocenters. The minimum Gasteiger partial charge on any atom is -0.502 e. The van der Waals surface area contributed by atoms with E-state index < -0.39 is 27.4 Å². The van der Waals surface area contributed by atoms with Gasteiger partial charge in [-0.1, -0.05) is 18.2 Å². The number of nitrogens with one attached hydrogen (secondary N) is 1. The van der Waals surface area contributed by atoms with Crippen molar-refractivity contribution in [2.45, 2.75) is 4.90 Å². The molecule has 0 bridgehead atoms. The maximum Gasteiger partial charge on any atom is 0.264 e. The molecule has 8 heteroatoms. The molecule has 7 nitrogen and oxygen atoms in total. The second kappa shape index (κ2) is 5.65. The summed E-state index contributed by atoms with van der Waals surface area (Å²) in [5.74, 6) is -1.81. The molecule has 0 saturated heterocycles. The van der Waals surface area contributed by atoms with Gasteiger partial charge in [0.25, 0.3) is 15.9 Å². The van der Waals surface area contributed by atoms with E-state index in [2.05, 4.69) is 9.71 Å². The second-order valence-corrected chi connectivity index (χ2v) is 6.30. The lowest BCUT2D eigenvalue weighted by Gasteiger charge is -2.05. The average molecular weight is 332 g/mol. The van der Waals surface area contributed by atoms with Gasteiger partial charge in [0.2, 0.25) is 11.5 Å². The van der Waals surface area contributed by atoms with Crippen molar-refractivity contribution < 1.29 is 23.0 Å². The summed E-state index contributed by atoms with van der Waals surface area (Å²) < 4.78 is 31.8. The molecule has 23 heavy (non-hydrogen) atoms. The lowest BCUT2D eigenvalue weighted by Crippen LogP contribution is -2.12. The number of aromatic nitrogens is 1. The van der Waals surface area contributed by atoms with Gasteiger partial charge in [-0.3, -0.25) is 4.98 Å². The van der Waals surface area contributed by atoms with Crippen LogP contribution in [0.5, 0.6) is 11.5 Å². The van der Waals surface area contributed by atoms with Crippen molar-refractivity contribution in [2.75, 3.05) is 4.72 Å². The highest BCUT2D eigenvalue weighted by molar-refractivity contribution is 7.92. The summed E-state index contributed by atoms with van der Waals surface area (Å²) in [5, 5.41) is 19.8.